The molecule has 1 atom stereocenters. The van der Waals surface area contributed by atoms with Gasteiger partial charge in [-0.05, 0) is 224 Å². The molecule has 90 heavy (non-hydrogen) atoms. The van der Waals surface area contributed by atoms with Crippen LogP contribution in [-0.2, 0) is 0 Å². The molecule has 6 saturated carbocycles. The van der Waals surface area contributed by atoms with E-state index >= 15 is 0 Å². The number of aromatic amines is 1. The fourth-order valence-electron chi connectivity index (χ4n) is 7.17. The van der Waals surface area contributed by atoms with Gasteiger partial charge in [0.15, 0.2) is 15.5 Å². The van der Waals surface area contributed by atoms with E-state index in [0.717, 1.165) is 138 Å². The zero-order valence-electron chi connectivity index (χ0n) is 48.7. The minimum Gasteiger partial charge on any atom is -0.489 e. The summed E-state index contributed by atoms with van der Waals surface area (Å²) < 4.78 is 35.5. The summed E-state index contributed by atoms with van der Waals surface area (Å²) in [6.45, 7) is 3.24. The van der Waals surface area contributed by atoms with E-state index in [4.69, 9.17) is 121 Å². The molecule has 480 valence electrons. The Morgan fingerprint density at radius 2 is 0.978 bits per heavy atom. The number of aromatic nitrogens is 1. The van der Waals surface area contributed by atoms with E-state index in [1.54, 1.807) is 67.6 Å². The third-order valence-corrected chi connectivity index (χ3v) is 17.3. The van der Waals surface area contributed by atoms with Crippen molar-refractivity contribution in [3.05, 3.63) is 175 Å². The van der Waals surface area contributed by atoms with E-state index in [-0.39, 0.29) is 15.9 Å². The molecule has 1 aromatic heterocycles. The van der Waals surface area contributed by atoms with Crippen LogP contribution >= 0.6 is 149 Å². The van der Waals surface area contributed by atoms with Crippen molar-refractivity contribution >= 4 is 171 Å². The number of H-pyrrole nitrogens is 1. The number of Topliss-reactive ketones (excluding diaryl/α,β-unsaturated/α-hetero) is 2. The van der Waals surface area contributed by atoms with Crippen molar-refractivity contribution in [1.82, 2.24) is 4.98 Å². The summed E-state index contributed by atoms with van der Waals surface area (Å²) in [5.41, 5.74) is 9.52. The van der Waals surface area contributed by atoms with Crippen LogP contribution in [0.5, 0.6) is 34.5 Å². The van der Waals surface area contributed by atoms with Gasteiger partial charge in [0.2, 0.25) is 0 Å². The Balaban J connectivity index is 0.000000152. The average Bonchev–Trinajstić information content (AvgIpc) is 3.66. The number of carbonyl (C=O) groups is 3. The Bertz CT molecular complexity index is 3640. The van der Waals surface area contributed by atoms with E-state index < -0.39 is 6.10 Å². The van der Waals surface area contributed by atoms with Gasteiger partial charge in [-0.15, -0.1) is 11.3 Å². The maximum absolute atomic E-state index is 11.4. The summed E-state index contributed by atoms with van der Waals surface area (Å²) in [4.78, 5) is 35.9. The third-order valence-electron chi connectivity index (χ3n) is 12.9. The van der Waals surface area contributed by atoms with Crippen LogP contribution in [0.3, 0.4) is 0 Å². The summed E-state index contributed by atoms with van der Waals surface area (Å²) in [6.07, 6.45) is 15.8. The van der Waals surface area contributed by atoms with Crippen LogP contribution in [0.2, 0.25) is 30.1 Å². The van der Waals surface area contributed by atoms with Crippen LogP contribution in [-0.4, -0.2) is 74.2 Å². The zero-order valence-corrected chi connectivity index (χ0v) is 59.7. The molecule has 6 aliphatic carbocycles. The quantitative estimate of drug-likeness (QED) is 0.0208. The number of hydrogen-bond acceptors (Lipinski definition) is 15. The van der Waals surface area contributed by atoms with Gasteiger partial charge in [0, 0.05) is 32.1 Å². The highest BCUT2D eigenvalue weighted by Crippen LogP contribution is 2.39. The Morgan fingerprint density at radius 1 is 0.611 bits per heavy atom. The molecule has 1 unspecified atom stereocenters. The predicted octanol–water partition coefficient (Wildman–Crippen LogP) is 20.3. The van der Waals surface area contributed by atoms with E-state index in [1.807, 2.05) is 53.9 Å². The number of aldehydes is 1. The maximum atomic E-state index is 11.4. The standard InChI is InChI=1S/C12H10ClNOS2.C11H10BrClO2.C11H13ClO2.C11H11ClO2.C10H9ClO2.C9H8BrClO.CH4N2S2/c13-9-5-7(10-6-17-12(16)14-10)1-4-11(9)15-8-2-3-8;12-6-10(14)7-1-4-11(9(13)5-7)15-8-2-3-8;2*1-7(13)8-2-5-11(10(12)6-8)14-9-3-4-9;11-9-5-7(6-12)1-4-10(9)13-8-2-3-8;10-6-1-4-9(8(11)5-6)12-7-2-3-7;2-1(4)5-3/h1,4-6,8H,2-3H2,(H,14,16);1,4-5,8H,2-3,6H2;2,5-7,9,13H,3-4H2,1H3;2,5-6,9H,3-4H2,1H3;1,4-6,8H,2-3H2;1,4-5,7H,2-3H2;3H2,(H2,2,4). The van der Waals surface area contributed by atoms with Gasteiger partial charge in [0.05, 0.1) is 83.9 Å². The van der Waals surface area contributed by atoms with Gasteiger partial charge in [-0.2, -0.15) is 0 Å². The van der Waals surface area contributed by atoms with Gasteiger partial charge < -0.3 is 44.2 Å². The topological polar surface area (TPSA) is 195 Å². The highest BCUT2D eigenvalue weighted by Gasteiger charge is 2.28. The van der Waals surface area contributed by atoms with Crippen molar-refractivity contribution in [1.29, 1.82) is 0 Å². The van der Waals surface area contributed by atoms with Crippen molar-refractivity contribution in [2.45, 2.75) is 134 Å². The molecule has 6 aromatic carbocycles. The molecule has 0 amide bonds. The molecule has 13 nitrogen and oxygen atoms in total. The molecule has 1 heterocycles. The van der Waals surface area contributed by atoms with Gasteiger partial charge in [0.25, 0.3) is 0 Å². The zero-order chi connectivity index (χ0) is 65.0. The number of rotatable bonds is 18. The fourth-order valence-corrected chi connectivity index (χ4v) is 10.2. The van der Waals surface area contributed by atoms with Crippen LogP contribution in [0.15, 0.2) is 119 Å². The van der Waals surface area contributed by atoms with Crippen molar-refractivity contribution in [3.8, 4) is 45.8 Å². The number of aliphatic hydroxyl groups is 1. The molecular weight excluding hydrogens is 1480 g/mol. The Morgan fingerprint density at radius 3 is 1.31 bits per heavy atom. The Labute approximate surface area is 589 Å². The van der Waals surface area contributed by atoms with Crippen molar-refractivity contribution in [3.63, 3.8) is 0 Å². The normalized spacial score (nSPS) is 15.3. The van der Waals surface area contributed by atoms with Crippen LogP contribution in [0, 0.1) is 3.95 Å². The van der Waals surface area contributed by atoms with Gasteiger partial charge in [-0.3, -0.25) is 19.5 Å². The van der Waals surface area contributed by atoms with Crippen LogP contribution in [0.1, 0.15) is 134 Å². The highest BCUT2D eigenvalue weighted by atomic mass is 79.9. The number of alkyl halides is 1. The van der Waals surface area contributed by atoms with E-state index in [2.05, 4.69) is 49.1 Å². The van der Waals surface area contributed by atoms with Crippen LogP contribution in [0.25, 0.3) is 11.3 Å². The number of hydrogen-bond donors (Lipinski definition) is 4. The molecular formula is C65H65Br2Cl6N3O10S4. The lowest BCUT2D eigenvalue weighted by molar-refractivity contribution is 0.101. The third kappa shape index (κ3) is 26.7. The molecule has 0 radical (unpaired) electrons. The number of thiazole rings is 1. The fraction of sp³-hybridized carbons (Fsp3) is 0.338. The smallest absolute Gasteiger partial charge is 0.173 e. The van der Waals surface area contributed by atoms with E-state index in [0.29, 0.717) is 106 Å². The first-order valence-electron chi connectivity index (χ1n) is 28.6. The number of nitrogens with two attached hydrogens (primary N) is 2. The first kappa shape index (κ1) is 73.3. The van der Waals surface area contributed by atoms with Crippen LogP contribution in [0.4, 0.5) is 0 Å². The maximum Gasteiger partial charge on any atom is 0.173 e. The van der Waals surface area contributed by atoms with Gasteiger partial charge >= 0.3 is 0 Å². The monoisotopic (exact) mass is 1540 g/mol. The molecule has 0 saturated heterocycles. The largest absolute Gasteiger partial charge is 0.489 e. The highest BCUT2D eigenvalue weighted by molar-refractivity contribution is 9.10. The summed E-state index contributed by atoms with van der Waals surface area (Å²) in [7, 11) is 0. The number of ether oxygens (including phenoxy) is 6. The van der Waals surface area contributed by atoms with Crippen molar-refractivity contribution in [2.24, 2.45) is 10.9 Å². The Kier molecular flexibility index (Phi) is 29.7. The molecule has 25 heteroatoms. The Hall–Kier alpha value is -4.16. The number of benzene rings is 6. The lowest BCUT2D eigenvalue weighted by atomic mass is 10.1. The molecule has 6 fully saturated rings. The number of carbonyl (C=O) groups excluding carboxylic acids is 3. The second kappa shape index (κ2) is 36.5. The van der Waals surface area contributed by atoms with E-state index in [9.17, 15) is 19.5 Å². The molecule has 0 spiro atoms. The molecule has 0 aliphatic heterocycles. The first-order chi connectivity index (χ1) is 43.1. The summed E-state index contributed by atoms with van der Waals surface area (Å²) in [5.74, 6) is 4.35. The van der Waals surface area contributed by atoms with Gasteiger partial charge in [-0.25, -0.2) is 0 Å². The van der Waals surface area contributed by atoms with Crippen molar-refractivity contribution in [2.75, 3.05) is 5.33 Å². The minimum atomic E-state index is -0.484. The number of nitrogens with one attached hydrogen (secondary N) is 1. The van der Waals surface area contributed by atoms with Gasteiger partial charge in [-0.1, -0.05) is 120 Å². The number of ketones is 2. The minimum absolute atomic E-state index is 0.0184. The molecule has 13 rings (SSSR count). The first-order valence-corrected chi connectivity index (χ1v) is 35.3. The number of thiocarbonyl (C=S) groups is 1. The second-order valence-electron chi connectivity index (χ2n) is 21.2. The lowest BCUT2D eigenvalue weighted by Crippen LogP contribution is -2.04. The van der Waals surface area contributed by atoms with Crippen molar-refractivity contribution < 1.29 is 47.9 Å². The predicted molar refractivity (Wildman–Crippen MR) is 380 cm³/mol. The number of halogens is 8. The molecule has 0 bridgehead atoms. The summed E-state index contributed by atoms with van der Waals surface area (Å²) in [6, 6.07) is 32.3. The number of aliphatic hydroxyl groups excluding tert-OH is 1. The second-order valence-corrected chi connectivity index (χ2v) is 28.0. The lowest BCUT2D eigenvalue weighted by Gasteiger charge is -2.09. The SMILES string of the molecule is CC(=O)c1ccc(OC2CC2)c(Cl)c1.CC(O)c1ccc(OC2CC2)c(Cl)c1.Clc1cc(Br)ccc1OC1CC1.NSC(N)=S.O=C(CBr)c1ccc(OC2CC2)c(Cl)c1.O=Cc1ccc(OC2CC2)c(Cl)c1.S=c1[nH]c(-c2ccc(OC3CC3)c(Cl)c2)cs1. The summed E-state index contributed by atoms with van der Waals surface area (Å²) in [5, 5.41) is 19.9. The molecule has 7 aromatic rings. The molecule has 6 N–H and O–H groups in total. The van der Waals surface area contributed by atoms with Crippen LogP contribution < -0.4 is 39.3 Å². The summed E-state index contributed by atoms with van der Waals surface area (Å²) >= 11 is 54.3. The average molecular weight is 1550 g/mol. The van der Waals surface area contributed by atoms with E-state index in [1.165, 1.54) is 18.3 Å². The molecule has 6 aliphatic rings. The van der Waals surface area contributed by atoms with Gasteiger partial charge in [0.1, 0.15) is 45.1 Å².